The Morgan fingerprint density at radius 3 is 2.43 bits per heavy atom. The lowest BCUT2D eigenvalue weighted by Crippen LogP contribution is -2.01. The van der Waals surface area contributed by atoms with Gasteiger partial charge in [0.15, 0.2) is 0 Å². The third-order valence-corrected chi connectivity index (χ3v) is 4.99. The van der Waals surface area contributed by atoms with Gasteiger partial charge in [-0.05, 0) is 45.8 Å². The second-order valence-corrected chi connectivity index (χ2v) is 6.64. The molecule has 0 fully saturated rings. The monoisotopic (exact) mass is 369 g/mol. The number of rotatable bonds is 5. The number of benzene rings is 2. The first-order chi connectivity index (χ1) is 10.0. The molecule has 1 unspecified atom stereocenters. The van der Waals surface area contributed by atoms with Gasteiger partial charge in [-0.3, -0.25) is 4.21 Å². The first kappa shape index (κ1) is 15.9. The van der Waals surface area contributed by atoms with Crippen molar-refractivity contribution >= 4 is 32.4 Å². The first-order valence-corrected chi connectivity index (χ1v) is 8.30. The summed E-state index contributed by atoms with van der Waals surface area (Å²) in [4.78, 5) is 0.638. The van der Waals surface area contributed by atoms with Crippen molar-refractivity contribution in [2.45, 2.75) is 10.6 Å². The van der Waals surface area contributed by atoms with E-state index in [1.54, 1.807) is 32.4 Å². The number of nitrogens with two attached hydrogens (primary N) is 1. The van der Waals surface area contributed by atoms with Gasteiger partial charge in [-0.1, -0.05) is 6.07 Å². The molecule has 0 spiro atoms. The van der Waals surface area contributed by atoms with E-state index >= 15 is 0 Å². The lowest BCUT2D eigenvalue weighted by atomic mass is 10.2. The van der Waals surface area contributed by atoms with E-state index in [9.17, 15) is 4.21 Å². The number of halogens is 1. The summed E-state index contributed by atoms with van der Waals surface area (Å²) < 4.78 is 23.8. The van der Waals surface area contributed by atoms with Crippen LogP contribution in [0.15, 0.2) is 45.8 Å². The van der Waals surface area contributed by atoms with Crippen molar-refractivity contribution in [3.63, 3.8) is 0 Å². The predicted molar refractivity (Wildman–Crippen MR) is 88.2 cm³/mol. The van der Waals surface area contributed by atoms with E-state index in [1.807, 2.05) is 18.2 Å². The fourth-order valence-electron chi connectivity index (χ4n) is 1.90. The maximum atomic E-state index is 12.5. The fourth-order valence-corrected chi connectivity index (χ4v) is 3.71. The van der Waals surface area contributed by atoms with Gasteiger partial charge in [-0.2, -0.15) is 0 Å². The van der Waals surface area contributed by atoms with Crippen molar-refractivity contribution in [1.82, 2.24) is 0 Å². The smallest absolute Gasteiger partial charge is 0.137 e. The SMILES string of the molecule is COc1ccc(CS(=O)c2ccc(N)cc2OC)cc1Br. The summed E-state index contributed by atoms with van der Waals surface area (Å²) in [6.07, 6.45) is 0. The molecule has 0 aliphatic carbocycles. The molecule has 21 heavy (non-hydrogen) atoms. The highest BCUT2D eigenvalue weighted by Crippen LogP contribution is 2.29. The Morgan fingerprint density at radius 2 is 1.81 bits per heavy atom. The van der Waals surface area contributed by atoms with Gasteiger partial charge in [0.2, 0.25) is 0 Å². The molecule has 2 aromatic rings. The standard InChI is InChI=1S/C15H16BrNO3S/c1-19-13-5-3-10(7-12(13)16)9-21(18)15-6-4-11(17)8-14(15)20-2/h3-8H,9,17H2,1-2H3. The van der Waals surface area contributed by atoms with Gasteiger partial charge in [0.25, 0.3) is 0 Å². The average molecular weight is 370 g/mol. The topological polar surface area (TPSA) is 61.5 Å². The number of hydrogen-bond donors (Lipinski definition) is 1. The zero-order valence-corrected chi connectivity index (χ0v) is 14.2. The second-order valence-electron chi connectivity index (χ2n) is 4.37. The fraction of sp³-hybridized carbons (Fsp3) is 0.200. The van der Waals surface area contributed by atoms with Crippen molar-refractivity contribution in [3.05, 3.63) is 46.4 Å². The molecule has 0 aliphatic heterocycles. The molecule has 0 radical (unpaired) electrons. The predicted octanol–water partition coefficient (Wildman–Crippen LogP) is 3.36. The maximum absolute atomic E-state index is 12.5. The molecular weight excluding hydrogens is 354 g/mol. The zero-order valence-electron chi connectivity index (χ0n) is 11.8. The summed E-state index contributed by atoms with van der Waals surface area (Å²) in [5.41, 5.74) is 7.24. The van der Waals surface area contributed by atoms with Crippen LogP contribution in [0.4, 0.5) is 5.69 Å². The maximum Gasteiger partial charge on any atom is 0.137 e. The quantitative estimate of drug-likeness (QED) is 0.820. The molecule has 0 saturated carbocycles. The van der Waals surface area contributed by atoms with E-state index in [2.05, 4.69) is 15.9 Å². The molecule has 1 atom stereocenters. The van der Waals surface area contributed by atoms with Crippen LogP contribution in [0, 0.1) is 0 Å². The number of ether oxygens (including phenoxy) is 2. The third-order valence-electron chi connectivity index (χ3n) is 2.95. The van der Waals surface area contributed by atoms with Gasteiger partial charge >= 0.3 is 0 Å². The Labute approximate surface area is 134 Å². The molecule has 2 aromatic carbocycles. The second kappa shape index (κ2) is 6.95. The first-order valence-electron chi connectivity index (χ1n) is 6.19. The van der Waals surface area contributed by atoms with Crippen LogP contribution in [0.3, 0.4) is 0 Å². The number of methoxy groups -OCH3 is 2. The lowest BCUT2D eigenvalue weighted by Gasteiger charge is -2.10. The van der Waals surface area contributed by atoms with Crippen molar-refractivity contribution in [2.24, 2.45) is 0 Å². The van der Waals surface area contributed by atoms with E-state index in [4.69, 9.17) is 15.2 Å². The van der Waals surface area contributed by atoms with Crippen molar-refractivity contribution < 1.29 is 13.7 Å². The number of hydrogen-bond acceptors (Lipinski definition) is 4. The Hall–Kier alpha value is -1.53. The molecular formula is C15H16BrNO3S. The molecule has 0 aliphatic rings. The summed E-state index contributed by atoms with van der Waals surface area (Å²) in [6.45, 7) is 0. The lowest BCUT2D eigenvalue weighted by molar-refractivity contribution is 0.404. The van der Waals surface area contributed by atoms with E-state index in [0.717, 1.165) is 15.8 Å². The molecule has 0 heterocycles. The minimum absolute atomic E-state index is 0.392. The Kier molecular flexibility index (Phi) is 5.25. The van der Waals surface area contributed by atoms with Gasteiger partial charge in [0.05, 0.1) is 40.1 Å². The van der Waals surface area contributed by atoms with Gasteiger partial charge in [-0.15, -0.1) is 0 Å². The van der Waals surface area contributed by atoms with Crippen LogP contribution in [0.2, 0.25) is 0 Å². The van der Waals surface area contributed by atoms with E-state index in [-0.39, 0.29) is 0 Å². The molecule has 6 heteroatoms. The summed E-state index contributed by atoms with van der Waals surface area (Å²) in [6, 6.07) is 10.8. The zero-order chi connectivity index (χ0) is 15.4. The highest BCUT2D eigenvalue weighted by molar-refractivity contribution is 9.10. The van der Waals surface area contributed by atoms with Crippen LogP contribution in [-0.4, -0.2) is 18.4 Å². The van der Waals surface area contributed by atoms with Gasteiger partial charge in [-0.25, -0.2) is 0 Å². The summed E-state index contributed by atoms with van der Waals surface area (Å²) in [5.74, 6) is 1.68. The molecule has 0 aromatic heterocycles. The molecule has 2 N–H and O–H groups in total. The van der Waals surface area contributed by atoms with Crippen LogP contribution >= 0.6 is 15.9 Å². The average Bonchev–Trinajstić information content (AvgIpc) is 2.47. The molecule has 0 saturated heterocycles. The molecule has 0 amide bonds. The van der Waals surface area contributed by atoms with Crippen LogP contribution in [-0.2, 0) is 16.6 Å². The van der Waals surface area contributed by atoms with Crippen molar-refractivity contribution in [2.75, 3.05) is 20.0 Å². The van der Waals surface area contributed by atoms with Crippen LogP contribution < -0.4 is 15.2 Å². The molecule has 112 valence electrons. The van der Waals surface area contributed by atoms with Gasteiger partial charge in [0, 0.05) is 11.8 Å². The van der Waals surface area contributed by atoms with Gasteiger partial charge in [0.1, 0.15) is 11.5 Å². The Bertz CT molecular complexity index is 676. The Morgan fingerprint density at radius 1 is 1.10 bits per heavy atom. The normalized spacial score (nSPS) is 12.0. The van der Waals surface area contributed by atoms with E-state index < -0.39 is 10.8 Å². The van der Waals surface area contributed by atoms with E-state index in [0.29, 0.717) is 22.1 Å². The van der Waals surface area contributed by atoms with E-state index in [1.165, 1.54) is 0 Å². The van der Waals surface area contributed by atoms with Crippen LogP contribution in [0.25, 0.3) is 0 Å². The summed E-state index contributed by atoms with van der Waals surface area (Å²) in [7, 11) is 1.94. The van der Waals surface area contributed by atoms with Crippen molar-refractivity contribution in [1.29, 1.82) is 0 Å². The highest BCUT2D eigenvalue weighted by atomic mass is 79.9. The molecule has 0 bridgehead atoms. The van der Waals surface area contributed by atoms with Crippen LogP contribution in [0.1, 0.15) is 5.56 Å². The number of nitrogen functional groups attached to an aromatic ring is 1. The summed E-state index contributed by atoms with van der Waals surface area (Å²) in [5, 5.41) is 0. The third kappa shape index (κ3) is 3.77. The largest absolute Gasteiger partial charge is 0.496 e. The molecule has 4 nitrogen and oxygen atoms in total. The van der Waals surface area contributed by atoms with Crippen LogP contribution in [0.5, 0.6) is 11.5 Å². The highest BCUT2D eigenvalue weighted by Gasteiger charge is 2.12. The van der Waals surface area contributed by atoms with Gasteiger partial charge < -0.3 is 15.2 Å². The molecule has 2 rings (SSSR count). The summed E-state index contributed by atoms with van der Waals surface area (Å²) >= 11 is 3.43. The minimum atomic E-state index is -1.21. The number of anilines is 1. The minimum Gasteiger partial charge on any atom is -0.496 e. The Balaban J connectivity index is 2.24. The van der Waals surface area contributed by atoms with Crippen molar-refractivity contribution in [3.8, 4) is 11.5 Å².